The predicted molar refractivity (Wildman–Crippen MR) is 142 cm³/mol. The Morgan fingerprint density at radius 1 is 1.11 bits per heavy atom. The summed E-state index contributed by atoms with van der Waals surface area (Å²) in [5.41, 5.74) is 2.59. The van der Waals surface area contributed by atoms with Gasteiger partial charge in [-0.05, 0) is 72.9 Å². The molecule has 0 aliphatic rings. The average molecular weight is 522 g/mol. The fraction of sp³-hybridized carbons (Fsp3) is 0.214. The molecule has 0 saturated carbocycles. The molecule has 0 bridgehead atoms. The van der Waals surface area contributed by atoms with E-state index in [0.29, 0.717) is 24.2 Å². The molecule has 4 aromatic rings. The maximum absolute atomic E-state index is 13.9. The molecule has 37 heavy (non-hydrogen) atoms. The van der Waals surface area contributed by atoms with Crippen molar-refractivity contribution in [3.8, 4) is 16.9 Å². The molecule has 2 heterocycles. The van der Waals surface area contributed by atoms with Crippen LogP contribution in [-0.2, 0) is 16.3 Å². The van der Waals surface area contributed by atoms with Crippen LogP contribution in [-0.4, -0.2) is 30.5 Å². The minimum atomic E-state index is -4.40. The third-order valence-corrected chi connectivity index (χ3v) is 8.08. The molecule has 9 heteroatoms. The van der Waals surface area contributed by atoms with E-state index in [-0.39, 0.29) is 10.6 Å². The molecule has 0 aliphatic heterocycles. The fourth-order valence-electron chi connectivity index (χ4n) is 4.30. The number of hydrogen-bond donors (Lipinski definition) is 2. The van der Waals surface area contributed by atoms with Crippen molar-refractivity contribution < 1.29 is 17.9 Å². The lowest BCUT2D eigenvalue weighted by molar-refractivity contribution is 0.455. The zero-order valence-corrected chi connectivity index (χ0v) is 21.6. The molecule has 0 spiro atoms. The summed E-state index contributed by atoms with van der Waals surface area (Å²) in [6, 6.07) is 13.6. The van der Waals surface area contributed by atoms with Crippen molar-refractivity contribution in [2.24, 2.45) is 0 Å². The molecular weight excluding hydrogens is 493 g/mol. The SMILES string of the molecule is CCCCc1[nH]c(=O)c(S(=O)(=O)c2ccc(-c3ccncc3C)cc2)c(O)c1N(C)c1cccc(F)c1. The number of pyridine rings is 2. The van der Waals surface area contributed by atoms with Crippen molar-refractivity contribution in [2.75, 3.05) is 11.9 Å². The zero-order valence-electron chi connectivity index (χ0n) is 20.8. The maximum atomic E-state index is 13.9. The van der Waals surface area contributed by atoms with E-state index in [4.69, 9.17) is 0 Å². The Labute approximate surface area is 215 Å². The van der Waals surface area contributed by atoms with Gasteiger partial charge in [-0.3, -0.25) is 9.78 Å². The van der Waals surface area contributed by atoms with Gasteiger partial charge in [-0.25, -0.2) is 12.8 Å². The number of rotatable bonds is 8. The second-order valence-electron chi connectivity index (χ2n) is 8.82. The topological polar surface area (TPSA) is 103 Å². The average Bonchev–Trinajstić information content (AvgIpc) is 2.87. The second kappa shape index (κ2) is 10.6. The highest BCUT2D eigenvalue weighted by atomic mass is 32.2. The first-order chi connectivity index (χ1) is 17.6. The molecule has 0 saturated heterocycles. The van der Waals surface area contributed by atoms with Gasteiger partial charge in [-0.1, -0.05) is 31.5 Å². The number of unbranched alkanes of at least 4 members (excludes halogenated alkanes) is 1. The fourth-order valence-corrected chi connectivity index (χ4v) is 5.68. The molecule has 0 fully saturated rings. The van der Waals surface area contributed by atoms with E-state index in [2.05, 4.69) is 9.97 Å². The van der Waals surface area contributed by atoms with Crippen LogP contribution in [0.25, 0.3) is 11.1 Å². The van der Waals surface area contributed by atoms with E-state index in [1.54, 1.807) is 37.6 Å². The van der Waals surface area contributed by atoms with Crippen molar-refractivity contribution in [3.63, 3.8) is 0 Å². The number of aryl methyl sites for hydroxylation is 2. The Bertz CT molecular complexity index is 1600. The second-order valence-corrected chi connectivity index (χ2v) is 10.7. The standard InChI is InChI=1S/C28H28FN3O4S/c1-4-5-9-24-25(32(3)21-8-6-7-20(29)16-21)26(33)27(28(34)31-24)37(35,36)22-12-10-19(11-13-22)23-14-15-30-17-18(23)2/h6-8,10-17H,4-5,9H2,1-3H3,(H2,31,33,34). The highest BCUT2D eigenvalue weighted by molar-refractivity contribution is 7.91. The number of anilines is 2. The van der Waals surface area contributed by atoms with Crippen molar-refractivity contribution in [3.05, 3.63) is 94.4 Å². The predicted octanol–water partition coefficient (Wildman–Crippen LogP) is 5.53. The first-order valence-corrected chi connectivity index (χ1v) is 13.4. The largest absolute Gasteiger partial charge is 0.504 e. The number of benzene rings is 2. The molecule has 7 nitrogen and oxygen atoms in total. The summed E-state index contributed by atoms with van der Waals surface area (Å²) in [4.78, 5) is 20.4. The van der Waals surface area contributed by atoms with E-state index in [9.17, 15) is 22.7 Å². The summed E-state index contributed by atoms with van der Waals surface area (Å²) in [7, 11) is -2.82. The minimum absolute atomic E-state index is 0.112. The number of nitrogens with zero attached hydrogens (tertiary/aromatic N) is 2. The van der Waals surface area contributed by atoms with Gasteiger partial charge in [0.15, 0.2) is 10.6 Å². The van der Waals surface area contributed by atoms with Gasteiger partial charge < -0.3 is 15.0 Å². The number of aromatic nitrogens is 2. The van der Waals surface area contributed by atoms with Crippen LogP contribution in [0.2, 0.25) is 0 Å². The Morgan fingerprint density at radius 3 is 2.49 bits per heavy atom. The molecule has 192 valence electrons. The third kappa shape index (κ3) is 5.13. The Balaban J connectivity index is 1.85. The van der Waals surface area contributed by atoms with Crippen molar-refractivity contribution >= 4 is 21.2 Å². The van der Waals surface area contributed by atoms with E-state index in [1.807, 2.05) is 19.9 Å². The van der Waals surface area contributed by atoms with Crippen molar-refractivity contribution in [1.82, 2.24) is 9.97 Å². The number of aromatic hydroxyl groups is 1. The number of H-pyrrole nitrogens is 1. The lowest BCUT2D eigenvalue weighted by Gasteiger charge is -2.24. The molecule has 2 N–H and O–H groups in total. The van der Waals surface area contributed by atoms with Crippen LogP contribution in [0.3, 0.4) is 0 Å². The van der Waals surface area contributed by atoms with E-state index in [1.165, 1.54) is 35.2 Å². The van der Waals surface area contributed by atoms with Gasteiger partial charge in [-0.2, -0.15) is 0 Å². The Hall–Kier alpha value is -3.98. The molecule has 0 unspecified atom stereocenters. The molecule has 2 aromatic heterocycles. The highest BCUT2D eigenvalue weighted by Gasteiger charge is 2.31. The molecule has 0 atom stereocenters. The van der Waals surface area contributed by atoms with E-state index in [0.717, 1.165) is 23.1 Å². The molecule has 0 amide bonds. The number of halogens is 1. The molecule has 0 radical (unpaired) electrons. The van der Waals surface area contributed by atoms with Crippen molar-refractivity contribution in [1.29, 1.82) is 0 Å². The first kappa shape index (κ1) is 26.1. The Morgan fingerprint density at radius 2 is 1.84 bits per heavy atom. The van der Waals surface area contributed by atoms with Gasteiger partial charge in [0.25, 0.3) is 5.56 Å². The van der Waals surface area contributed by atoms with Gasteiger partial charge >= 0.3 is 0 Å². The summed E-state index contributed by atoms with van der Waals surface area (Å²) >= 11 is 0. The monoisotopic (exact) mass is 521 g/mol. The molecule has 2 aromatic carbocycles. The van der Waals surface area contributed by atoms with Gasteiger partial charge in [-0.15, -0.1) is 0 Å². The maximum Gasteiger partial charge on any atom is 0.271 e. The quantitative estimate of drug-likeness (QED) is 0.316. The number of aromatic amines is 1. The van der Waals surface area contributed by atoms with E-state index < -0.39 is 31.9 Å². The smallest absolute Gasteiger partial charge is 0.271 e. The number of nitrogens with one attached hydrogen (secondary N) is 1. The number of hydrogen-bond acceptors (Lipinski definition) is 6. The lowest BCUT2D eigenvalue weighted by atomic mass is 10.0. The summed E-state index contributed by atoms with van der Waals surface area (Å²) in [6.07, 6.45) is 5.28. The summed E-state index contributed by atoms with van der Waals surface area (Å²) in [6.45, 7) is 3.88. The lowest BCUT2D eigenvalue weighted by Crippen LogP contribution is -2.24. The van der Waals surface area contributed by atoms with Gasteiger partial charge in [0, 0.05) is 30.8 Å². The molecule has 4 rings (SSSR count). The van der Waals surface area contributed by atoms with Crippen molar-refractivity contribution in [2.45, 2.75) is 42.9 Å². The van der Waals surface area contributed by atoms with E-state index >= 15 is 0 Å². The van der Waals surface area contributed by atoms with Crippen LogP contribution >= 0.6 is 0 Å². The minimum Gasteiger partial charge on any atom is -0.504 e. The normalized spacial score (nSPS) is 11.5. The first-order valence-electron chi connectivity index (χ1n) is 11.9. The summed E-state index contributed by atoms with van der Waals surface area (Å²) in [5, 5.41) is 11.3. The van der Waals surface area contributed by atoms with Crippen LogP contribution < -0.4 is 10.5 Å². The van der Waals surface area contributed by atoms with Crippen LogP contribution in [0.15, 0.2) is 81.6 Å². The summed E-state index contributed by atoms with van der Waals surface area (Å²) < 4.78 is 41.2. The number of sulfone groups is 1. The van der Waals surface area contributed by atoms with Gasteiger partial charge in [0.1, 0.15) is 11.5 Å². The van der Waals surface area contributed by atoms with Crippen LogP contribution in [0.5, 0.6) is 5.75 Å². The van der Waals surface area contributed by atoms with Crippen LogP contribution in [0.4, 0.5) is 15.8 Å². The highest BCUT2D eigenvalue weighted by Crippen LogP contribution is 2.39. The summed E-state index contributed by atoms with van der Waals surface area (Å²) in [5.74, 6) is -1.16. The van der Waals surface area contributed by atoms with Crippen LogP contribution in [0, 0.1) is 12.7 Å². The molecular formula is C28H28FN3O4S. The third-order valence-electron chi connectivity index (χ3n) is 6.27. The van der Waals surface area contributed by atoms with Gasteiger partial charge in [0.2, 0.25) is 9.84 Å². The molecule has 0 aliphatic carbocycles. The Kier molecular flexibility index (Phi) is 7.45. The van der Waals surface area contributed by atoms with Crippen LogP contribution in [0.1, 0.15) is 31.0 Å². The van der Waals surface area contributed by atoms with Gasteiger partial charge in [0.05, 0.1) is 4.90 Å². The zero-order chi connectivity index (χ0) is 26.7.